The smallest absolute Gasteiger partial charge is 0.267 e. The Balaban J connectivity index is 2.34. The molecule has 1 aromatic carbocycles. The molecule has 3 nitrogen and oxygen atoms in total. The van der Waals surface area contributed by atoms with Crippen molar-refractivity contribution in [3.63, 3.8) is 0 Å². The molecule has 0 N–H and O–H groups in total. The predicted molar refractivity (Wildman–Crippen MR) is 66.8 cm³/mol. The Bertz CT molecular complexity index is 568. The minimum Gasteiger partial charge on any atom is -0.294 e. The van der Waals surface area contributed by atoms with Crippen LogP contribution < -0.4 is 5.56 Å². The van der Waals surface area contributed by atoms with Crippen molar-refractivity contribution >= 4 is 27.5 Å². The van der Waals surface area contributed by atoms with Gasteiger partial charge in [-0.3, -0.25) is 9.36 Å². The summed E-state index contributed by atoms with van der Waals surface area (Å²) in [6, 6.07) is 7.40. The van der Waals surface area contributed by atoms with Gasteiger partial charge < -0.3 is 0 Å². The topological polar surface area (TPSA) is 34.9 Å². The molecule has 1 aromatic heterocycles. The molecule has 0 saturated heterocycles. The van der Waals surface area contributed by atoms with E-state index in [9.17, 15) is 4.79 Å². The van der Waals surface area contributed by atoms with Gasteiger partial charge in [0.15, 0.2) is 0 Å². The first-order valence-electron chi connectivity index (χ1n) is 4.61. The Labute approximate surface area is 106 Å². The van der Waals surface area contributed by atoms with Crippen LogP contribution in [0.2, 0.25) is 5.02 Å². The number of halogens is 2. The molecule has 0 aliphatic heterocycles. The number of rotatable bonds is 2. The van der Waals surface area contributed by atoms with Crippen LogP contribution in [-0.4, -0.2) is 9.55 Å². The van der Waals surface area contributed by atoms with E-state index in [-0.39, 0.29) is 5.56 Å². The van der Waals surface area contributed by atoms with Gasteiger partial charge in [-0.05, 0) is 33.6 Å². The van der Waals surface area contributed by atoms with Gasteiger partial charge in [-0.2, -0.15) is 0 Å². The molecule has 0 unspecified atom stereocenters. The largest absolute Gasteiger partial charge is 0.294 e. The van der Waals surface area contributed by atoms with Crippen molar-refractivity contribution in [1.29, 1.82) is 0 Å². The molecule has 16 heavy (non-hydrogen) atoms. The van der Waals surface area contributed by atoms with E-state index in [0.717, 1.165) is 5.56 Å². The highest BCUT2D eigenvalue weighted by atomic mass is 79.9. The maximum Gasteiger partial charge on any atom is 0.267 e. The SMILES string of the molecule is O=c1c(Br)cncn1Cc1cccc(Cl)c1. The van der Waals surface area contributed by atoms with Crippen molar-refractivity contribution in [3.05, 3.63) is 62.2 Å². The van der Waals surface area contributed by atoms with E-state index in [1.54, 1.807) is 6.07 Å². The van der Waals surface area contributed by atoms with Crippen molar-refractivity contribution in [2.45, 2.75) is 6.54 Å². The summed E-state index contributed by atoms with van der Waals surface area (Å²) in [5.74, 6) is 0. The maximum absolute atomic E-state index is 11.7. The molecule has 0 bridgehead atoms. The monoisotopic (exact) mass is 298 g/mol. The van der Waals surface area contributed by atoms with Crippen LogP contribution in [0, 0.1) is 0 Å². The summed E-state index contributed by atoms with van der Waals surface area (Å²) >= 11 is 9.02. The quantitative estimate of drug-likeness (QED) is 0.854. The first-order valence-corrected chi connectivity index (χ1v) is 5.78. The first-order chi connectivity index (χ1) is 7.66. The van der Waals surface area contributed by atoms with E-state index < -0.39 is 0 Å². The van der Waals surface area contributed by atoms with Gasteiger partial charge in [0.05, 0.1) is 12.9 Å². The highest BCUT2D eigenvalue weighted by Crippen LogP contribution is 2.11. The van der Waals surface area contributed by atoms with Crippen molar-refractivity contribution < 1.29 is 0 Å². The molecule has 0 fully saturated rings. The normalized spacial score (nSPS) is 10.4. The maximum atomic E-state index is 11.7. The minimum absolute atomic E-state index is 0.102. The summed E-state index contributed by atoms with van der Waals surface area (Å²) in [5.41, 5.74) is 0.865. The molecule has 5 heteroatoms. The molecule has 2 aromatic rings. The van der Waals surface area contributed by atoms with Crippen LogP contribution in [0.25, 0.3) is 0 Å². The molecule has 0 spiro atoms. The first kappa shape index (κ1) is 11.4. The number of nitrogens with zero attached hydrogens (tertiary/aromatic N) is 2. The number of aromatic nitrogens is 2. The Hall–Kier alpha value is -1.13. The predicted octanol–water partition coefficient (Wildman–Crippen LogP) is 2.71. The van der Waals surface area contributed by atoms with E-state index >= 15 is 0 Å². The highest BCUT2D eigenvalue weighted by Gasteiger charge is 2.02. The van der Waals surface area contributed by atoms with E-state index in [1.165, 1.54) is 17.1 Å². The average molecular weight is 300 g/mol. The van der Waals surface area contributed by atoms with E-state index in [2.05, 4.69) is 20.9 Å². The number of hydrogen-bond acceptors (Lipinski definition) is 2. The third-order valence-electron chi connectivity index (χ3n) is 2.10. The van der Waals surface area contributed by atoms with Gasteiger partial charge in [0.2, 0.25) is 0 Å². The third kappa shape index (κ3) is 2.51. The van der Waals surface area contributed by atoms with Crippen LogP contribution in [0.15, 0.2) is 46.1 Å². The molecule has 0 aliphatic rings. The van der Waals surface area contributed by atoms with Crippen LogP contribution in [0.4, 0.5) is 0 Å². The van der Waals surface area contributed by atoms with Crippen LogP contribution >= 0.6 is 27.5 Å². The fourth-order valence-corrected chi connectivity index (χ4v) is 1.93. The number of benzene rings is 1. The van der Waals surface area contributed by atoms with Crippen LogP contribution in [-0.2, 0) is 6.54 Å². The van der Waals surface area contributed by atoms with Crippen LogP contribution in [0.1, 0.15) is 5.56 Å². The fraction of sp³-hybridized carbons (Fsp3) is 0.0909. The van der Waals surface area contributed by atoms with Crippen molar-refractivity contribution in [3.8, 4) is 0 Å². The molecule has 0 radical (unpaired) electrons. The van der Waals surface area contributed by atoms with Gasteiger partial charge in [-0.25, -0.2) is 4.98 Å². The van der Waals surface area contributed by atoms with Gasteiger partial charge in [-0.1, -0.05) is 23.7 Å². The van der Waals surface area contributed by atoms with Gasteiger partial charge in [0, 0.05) is 11.2 Å². The van der Waals surface area contributed by atoms with Crippen molar-refractivity contribution in [2.24, 2.45) is 0 Å². The lowest BCUT2D eigenvalue weighted by molar-refractivity contribution is 0.731. The zero-order valence-corrected chi connectivity index (χ0v) is 10.6. The van der Waals surface area contributed by atoms with Gasteiger partial charge in [0.1, 0.15) is 4.47 Å². The van der Waals surface area contributed by atoms with Crippen molar-refractivity contribution in [2.75, 3.05) is 0 Å². The Morgan fingerprint density at radius 2 is 2.25 bits per heavy atom. The summed E-state index contributed by atoms with van der Waals surface area (Å²) in [6.45, 7) is 0.464. The molecule has 0 atom stereocenters. The lowest BCUT2D eigenvalue weighted by atomic mass is 10.2. The van der Waals surface area contributed by atoms with Crippen LogP contribution in [0.5, 0.6) is 0 Å². The number of hydrogen-bond donors (Lipinski definition) is 0. The third-order valence-corrected chi connectivity index (χ3v) is 2.88. The molecule has 2 rings (SSSR count). The van der Waals surface area contributed by atoms with Gasteiger partial charge in [-0.15, -0.1) is 0 Å². The second kappa shape index (κ2) is 4.80. The second-order valence-corrected chi connectivity index (χ2v) is 4.60. The molecular formula is C11H8BrClN2O. The Morgan fingerprint density at radius 1 is 1.44 bits per heavy atom. The zero-order valence-electron chi connectivity index (χ0n) is 8.23. The minimum atomic E-state index is -0.102. The fourth-order valence-electron chi connectivity index (χ4n) is 1.37. The summed E-state index contributed by atoms with van der Waals surface area (Å²) in [4.78, 5) is 15.6. The standard InChI is InChI=1S/C11H8BrClN2O/c12-10-5-14-7-15(11(10)16)6-8-2-1-3-9(13)4-8/h1-5,7H,6H2. The zero-order chi connectivity index (χ0) is 11.5. The summed E-state index contributed by atoms with van der Waals surface area (Å²) in [7, 11) is 0. The van der Waals surface area contributed by atoms with E-state index in [4.69, 9.17) is 11.6 Å². The molecule has 0 amide bonds. The van der Waals surface area contributed by atoms with Crippen LogP contribution in [0.3, 0.4) is 0 Å². The van der Waals surface area contributed by atoms with Gasteiger partial charge >= 0.3 is 0 Å². The van der Waals surface area contributed by atoms with E-state index in [1.807, 2.05) is 18.2 Å². The molecule has 1 heterocycles. The van der Waals surface area contributed by atoms with Gasteiger partial charge in [0.25, 0.3) is 5.56 Å². The molecule has 0 saturated carbocycles. The lowest BCUT2D eigenvalue weighted by Crippen LogP contribution is -2.21. The average Bonchev–Trinajstić information content (AvgIpc) is 2.25. The Kier molecular flexibility index (Phi) is 3.41. The summed E-state index contributed by atoms with van der Waals surface area (Å²) in [6.07, 6.45) is 2.99. The summed E-state index contributed by atoms with van der Waals surface area (Å²) in [5, 5.41) is 0.661. The molecule has 0 aliphatic carbocycles. The second-order valence-electron chi connectivity index (χ2n) is 3.30. The molecule has 82 valence electrons. The van der Waals surface area contributed by atoms with E-state index in [0.29, 0.717) is 16.0 Å². The molecular weight excluding hydrogens is 291 g/mol. The highest BCUT2D eigenvalue weighted by molar-refractivity contribution is 9.10. The Morgan fingerprint density at radius 3 is 3.00 bits per heavy atom. The summed E-state index contributed by atoms with van der Waals surface area (Å²) < 4.78 is 1.98. The lowest BCUT2D eigenvalue weighted by Gasteiger charge is -2.05. The van der Waals surface area contributed by atoms with Crippen molar-refractivity contribution in [1.82, 2.24) is 9.55 Å².